The topological polar surface area (TPSA) is 110 Å². The number of aliphatic hydroxyl groups is 2. The summed E-state index contributed by atoms with van der Waals surface area (Å²) >= 11 is 1.40. The molecule has 5 aliphatic rings. The van der Waals surface area contributed by atoms with Crippen LogP contribution >= 0.6 is 11.8 Å². The van der Waals surface area contributed by atoms with Crippen molar-refractivity contribution in [2.45, 2.75) is 116 Å². The minimum absolute atomic E-state index is 0.0137. The minimum Gasteiger partial charge on any atom is -0.428 e. The molecule has 4 aliphatic carbocycles. The summed E-state index contributed by atoms with van der Waals surface area (Å²) in [6, 6.07) is 7.16. The van der Waals surface area contributed by atoms with Gasteiger partial charge >= 0.3 is 11.9 Å². The van der Waals surface area contributed by atoms with Gasteiger partial charge in [0.1, 0.15) is 0 Å². The number of ether oxygens (including phenoxy) is 2. The fourth-order valence-corrected chi connectivity index (χ4v) is 12.0. The lowest BCUT2D eigenvalue weighted by molar-refractivity contribution is -0.175. The van der Waals surface area contributed by atoms with Crippen LogP contribution in [0.3, 0.4) is 0 Å². The Morgan fingerprint density at radius 3 is 2.65 bits per heavy atom. The molecule has 2 N–H and O–H groups in total. The van der Waals surface area contributed by atoms with Gasteiger partial charge in [-0.2, -0.15) is 0 Å². The quantitative estimate of drug-likeness (QED) is 0.217. The smallest absolute Gasteiger partial charge is 0.341 e. The third-order valence-corrected chi connectivity index (χ3v) is 14.7. The Kier molecular flexibility index (Phi) is 10.3. The van der Waals surface area contributed by atoms with Crippen LogP contribution in [0.15, 0.2) is 24.3 Å². The van der Waals surface area contributed by atoms with Crippen LogP contribution in [0.25, 0.3) is 0 Å². The lowest BCUT2D eigenvalue weighted by atomic mass is 9.43. The van der Waals surface area contributed by atoms with Crippen LogP contribution < -0.4 is 0 Å². The highest BCUT2D eigenvalue weighted by Gasteiger charge is 2.63. The van der Waals surface area contributed by atoms with Crippen molar-refractivity contribution < 1.29 is 34.1 Å². The summed E-state index contributed by atoms with van der Waals surface area (Å²) in [5, 5.41) is 22.4. The number of fused-ring (bicyclic) bond motifs is 5. The molecule has 7 nitrogen and oxygen atoms in total. The first-order valence-electron chi connectivity index (χ1n) is 17.9. The average molecular weight is 655 g/mol. The van der Waals surface area contributed by atoms with Crippen molar-refractivity contribution >= 4 is 28.8 Å². The van der Waals surface area contributed by atoms with Crippen LogP contribution in [0.5, 0.6) is 0 Å². The molecule has 11 atom stereocenters. The molecule has 1 saturated heterocycles. The number of hydrogen-bond donors (Lipinski definition) is 2. The minimum atomic E-state index is -0.547. The maximum Gasteiger partial charge on any atom is 0.341 e. The monoisotopic (exact) mass is 654 g/mol. The molecule has 1 aromatic rings. The highest BCUT2D eigenvalue weighted by atomic mass is 32.2. The standard InChI is InChI=1S/C38H54O7S/c1-23(9-14-34(41)44-22-45-35(42)25-7-4-6-24(18-25)19-26-8-5-17-46-36(26)43)30-12-13-31-29-11-10-27-20-28(39)15-16-37(27,2)32(29)21-33(40)38(30,31)3/h4,6-7,18,23,26-33,39-40H,5,8-17,19-22H2,1-3H3/t23-,26?,27-,28-,29?,30?,31?,32?,33+,37+,38-/m1/s1. The van der Waals surface area contributed by atoms with Crippen LogP contribution in [0.1, 0.15) is 114 Å². The van der Waals surface area contributed by atoms with Crippen molar-refractivity contribution in [1.29, 1.82) is 0 Å². The van der Waals surface area contributed by atoms with Gasteiger partial charge in [-0.05, 0) is 141 Å². The molecule has 4 saturated carbocycles. The van der Waals surface area contributed by atoms with Gasteiger partial charge < -0.3 is 19.7 Å². The number of hydrogen-bond acceptors (Lipinski definition) is 8. The number of thioether (sulfide) groups is 1. The van der Waals surface area contributed by atoms with E-state index >= 15 is 0 Å². The lowest BCUT2D eigenvalue weighted by Gasteiger charge is -2.62. The van der Waals surface area contributed by atoms with E-state index in [4.69, 9.17) is 9.47 Å². The number of aliphatic hydroxyl groups excluding tert-OH is 2. The third-order valence-electron chi connectivity index (χ3n) is 13.6. The largest absolute Gasteiger partial charge is 0.428 e. The van der Waals surface area contributed by atoms with E-state index in [-0.39, 0.29) is 52.4 Å². The van der Waals surface area contributed by atoms with Crippen LogP contribution in [0.4, 0.5) is 0 Å². The van der Waals surface area contributed by atoms with Crippen molar-refractivity contribution in [3.8, 4) is 0 Å². The van der Waals surface area contributed by atoms with Crippen molar-refractivity contribution in [2.75, 3.05) is 12.5 Å². The first kappa shape index (κ1) is 34.0. The molecule has 1 aromatic carbocycles. The molecule has 46 heavy (non-hydrogen) atoms. The Morgan fingerprint density at radius 2 is 1.85 bits per heavy atom. The zero-order chi connectivity index (χ0) is 32.6. The van der Waals surface area contributed by atoms with Crippen LogP contribution in [0, 0.1) is 52.3 Å². The number of carbonyl (C=O) groups excluding carboxylic acids is 3. The predicted molar refractivity (Wildman–Crippen MR) is 178 cm³/mol. The van der Waals surface area contributed by atoms with E-state index in [9.17, 15) is 24.6 Å². The zero-order valence-electron chi connectivity index (χ0n) is 28.0. The normalized spacial score (nSPS) is 39.5. The second-order valence-electron chi connectivity index (χ2n) is 15.9. The van der Waals surface area contributed by atoms with E-state index < -0.39 is 12.8 Å². The molecule has 0 aromatic heterocycles. The maximum atomic E-state index is 12.7. The van der Waals surface area contributed by atoms with E-state index in [1.54, 1.807) is 18.2 Å². The summed E-state index contributed by atoms with van der Waals surface area (Å²) in [7, 11) is 0. The van der Waals surface area contributed by atoms with Gasteiger partial charge in [-0.25, -0.2) is 4.79 Å². The first-order valence-corrected chi connectivity index (χ1v) is 18.9. The lowest BCUT2D eigenvalue weighted by Crippen LogP contribution is -2.58. The molecule has 0 radical (unpaired) electrons. The molecule has 5 unspecified atom stereocenters. The van der Waals surface area contributed by atoms with Crippen molar-refractivity contribution in [1.82, 2.24) is 0 Å². The van der Waals surface area contributed by atoms with E-state index in [0.717, 1.165) is 62.7 Å². The highest BCUT2D eigenvalue weighted by molar-refractivity contribution is 8.13. The molecule has 0 bridgehead atoms. The van der Waals surface area contributed by atoms with E-state index in [0.29, 0.717) is 48.0 Å². The summed E-state index contributed by atoms with van der Waals surface area (Å²) in [5.74, 6) is 2.81. The number of carbonyl (C=O) groups is 3. The molecule has 0 amide bonds. The Labute approximate surface area is 279 Å². The maximum absolute atomic E-state index is 12.7. The van der Waals surface area contributed by atoms with Gasteiger partial charge in [0.15, 0.2) is 5.12 Å². The third kappa shape index (κ3) is 6.56. The van der Waals surface area contributed by atoms with Gasteiger partial charge in [0.25, 0.3) is 0 Å². The Balaban J connectivity index is 0.974. The SMILES string of the molecule is C[C@H](CCC(=O)OCOC(=O)c1cccc(CC2CCCSC2=O)c1)C1CCC2C3CC[C@@H]4C[C@H](O)CC[C@]4(C)C3C[C@H](O)[C@@]21C. The summed E-state index contributed by atoms with van der Waals surface area (Å²) in [6.07, 6.45) is 11.3. The predicted octanol–water partition coefficient (Wildman–Crippen LogP) is 6.96. The molecule has 5 fully saturated rings. The van der Waals surface area contributed by atoms with Crippen LogP contribution in [-0.4, -0.2) is 52.0 Å². The fraction of sp³-hybridized carbons (Fsp3) is 0.763. The van der Waals surface area contributed by atoms with Crippen molar-refractivity contribution in [3.05, 3.63) is 35.4 Å². The molecular weight excluding hydrogens is 600 g/mol. The summed E-state index contributed by atoms with van der Waals surface area (Å²) in [6.45, 7) is 6.57. The van der Waals surface area contributed by atoms with Crippen molar-refractivity contribution in [2.24, 2.45) is 52.3 Å². The molecule has 1 aliphatic heterocycles. The number of benzene rings is 1. The first-order chi connectivity index (χ1) is 22.0. The van der Waals surface area contributed by atoms with Crippen LogP contribution in [0.2, 0.25) is 0 Å². The summed E-state index contributed by atoms with van der Waals surface area (Å²) in [4.78, 5) is 37.5. The van der Waals surface area contributed by atoms with Crippen molar-refractivity contribution in [3.63, 3.8) is 0 Å². The van der Waals surface area contributed by atoms with Gasteiger partial charge in [0.2, 0.25) is 6.79 Å². The van der Waals surface area contributed by atoms with Gasteiger partial charge in [-0.1, -0.05) is 44.7 Å². The van der Waals surface area contributed by atoms with Gasteiger partial charge in [-0.3, -0.25) is 9.59 Å². The second kappa shape index (κ2) is 13.9. The van der Waals surface area contributed by atoms with E-state index in [1.165, 1.54) is 24.6 Å². The molecule has 254 valence electrons. The zero-order valence-corrected chi connectivity index (χ0v) is 28.8. The molecule has 0 spiro atoms. The number of rotatable bonds is 9. The number of esters is 2. The second-order valence-corrected chi connectivity index (χ2v) is 17.0. The Bertz CT molecular complexity index is 1280. The summed E-state index contributed by atoms with van der Waals surface area (Å²) in [5.41, 5.74) is 1.39. The van der Waals surface area contributed by atoms with Gasteiger partial charge in [0, 0.05) is 18.1 Å². The molecule has 1 heterocycles. The molecule has 8 heteroatoms. The average Bonchev–Trinajstić information content (AvgIpc) is 3.40. The van der Waals surface area contributed by atoms with E-state index in [2.05, 4.69) is 20.8 Å². The molecule has 6 rings (SSSR count). The van der Waals surface area contributed by atoms with E-state index in [1.807, 2.05) is 6.07 Å². The van der Waals surface area contributed by atoms with Crippen LogP contribution in [-0.2, 0) is 25.5 Å². The molecular formula is C38H54O7S. The summed E-state index contributed by atoms with van der Waals surface area (Å²) < 4.78 is 10.6. The van der Waals surface area contributed by atoms with Gasteiger partial charge in [-0.15, -0.1) is 0 Å². The van der Waals surface area contributed by atoms with Gasteiger partial charge in [0.05, 0.1) is 17.8 Å². The fourth-order valence-electron chi connectivity index (χ4n) is 11.0. The Morgan fingerprint density at radius 1 is 1.02 bits per heavy atom. The Hall–Kier alpha value is -1.90. The highest BCUT2D eigenvalue weighted by Crippen LogP contribution is 2.68.